The average molecular weight is 380 g/mol. The molecule has 0 saturated carbocycles. The molecule has 8 nitrogen and oxygen atoms in total. The molecule has 0 spiro atoms. The lowest BCUT2D eigenvalue weighted by molar-refractivity contribution is -0.672. The van der Waals surface area contributed by atoms with Crippen molar-refractivity contribution < 1.29 is 23.8 Å². The summed E-state index contributed by atoms with van der Waals surface area (Å²) >= 11 is 0. The molecule has 2 heterocycles. The maximum Gasteiger partial charge on any atom is 0.327 e. The molecule has 1 fully saturated rings. The van der Waals surface area contributed by atoms with Crippen LogP contribution in [-0.4, -0.2) is 49.4 Å². The van der Waals surface area contributed by atoms with Crippen LogP contribution in [0.3, 0.4) is 0 Å². The van der Waals surface area contributed by atoms with Crippen molar-refractivity contribution in [3.05, 3.63) is 60.3 Å². The number of ether oxygens (including phenoxy) is 1. The number of rotatable bonds is 4. The standard InChI is InChI=1S/C20H20N4O4/c1-27-17-9-7-16(8-10-17)24-18(20(26)28-21-24)19(25)23-13-11-22(12-14-23)15-5-3-2-4-6-15/h2-10H,11-14H2,1H3. The van der Waals surface area contributed by atoms with Gasteiger partial charge in [0.25, 0.3) is 0 Å². The molecular weight excluding hydrogens is 360 g/mol. The highest BCUT2D eigenvalue weighted by molar-refractivity contribution is 5.92. The predicted molar refractivity (Wildman–Crippen MR) is 98.6 cm³/mol. The summed E-state index contributed by atoms with van der Waals surface area (Å²) in [6.07, 6.45) is 0. The Kier molecular flexibility index (Phi) is 4.84. The molecule has 2 aromatic carbocycles. The van der Waals surface area contributed by atoms with Crippen molar-refractivity contribution in [2.75, 3.05) is 38.2 Å². The Labute approximate surface area is 162 Å². The second-order valence-corrected chi connectivity index (χ2v) is 6.43. The van der Waals surface area contributed by atoms with E-state index in [1.54, 1.807) is 36.3 Å². The Morgan fingerprint density at radius 3 is 2.39 bits per heavy atom. The van der Waals surface area contributed by atoms with E-state index in [1.807, 2.05) is 30.3 Å². The van der Waals surface area contributed by atoms with E-state index in [2.05, 4.69) is 10.2 Å². The Hall–Kier alpha value is -3.55. The minimum atomic E-state index is -0.744. The molecule has 28 heavy (non-hydrogen) atoms. The maximum atomic E-state index is 13.0. The van der Waals surface area contributed by atoms with Gasteiger partial charge in [0, 0.05) is 44.0 Å². The summed E-state index contributed by atoms with van der Waals surface area (Å²) in [6.45, 7) is 2.41. The summed E-state index contributed by atoms with van der Waals surface area (Å²) in [5.74, 6) is -0.457. The Morgan fingerprint density at radius 1 is 1.07 bits per heavy atom. The van der Waals surface area contributed by atoms with E-state index < -0.39 is 5.95 Å². The highest BCUT2D eigenvalue weighted by atomic mass is 16.6. The first-order chi connectivity index (χ1) is 13.7. The van der Waals surface area contributed by atoms with Crippen LogP contribution in [0.15, 0.2) is 59.1 Å². The van der Waals surface area contributed by atoms with Crippen molar-refractivity contribution in [1.82, 2.24) is 10.2 Å². The molecule has 4 rings (SSSR count). The third-order valence-electron chi connectivity index (χ3n) is 4.82. The molecule has 1 aliphatic rings. The summed E-state index contributed by atoms with van der Waals surface area (Å²) < 4.78 is 11.2. The minimum absolute atomic E-state index is 0.0988. The first kappa shape index (κ1) is 17.8. The molecule has 0 atom stereocenters. The van der Waals surface area contributed by atoms with Gasteiger partial charge in [-0.05, 0) is 28.9 Å². The molecule has 144 valence electrons. The van der Waals surface area contributed by atoms with E-state index >= 15 is 0 Å². The summed E-state index contributed by atoms with van der Waals surface area (Å²) in [7, 11) is 1.57. The van der Waals surface area contributed by atoms with Crippen molar-refractivity contribution in [2.45, 2.75) is 0 Å². The number of piperazine rings is 1. The fourth-order valence-electron chi connectivity index (χ4n) is 3.28. The third kappa shape index (κ3) is 3.36. The average Bonchev–Trinajstić information content (AvgIpc) is 3.15. The van der Waals surface area contributed by atoms with Gasteiger partial charge in [-0.3, -0.25) is 4.79 Å². The number of carbonyl (C=O) groups is 1. The highest BCUT2D eigenvalue weighted by Gasteiger charge is 2.33. The number of nitrogens with zero attached hydrogens (tertiary/aromatic N) is 4. The summed E-state index contributed by atoms with van der Waals surface area (Å²) in [6, 6.07) is 16.9. The van der Waals surface area contributed by atoms with Crippen LogP contribution in [0, 0.1) is 0 Å². The van der Waals surface area contributed by atoms with Gasteiger partial charge in [-0.1, -0.05) is 18.2 Å². The smallest absolute Gasteiger partial charge is 0.327 e. The summed E-state index contributed by atoms with van der Waals surface area (Å²) in [5, 5.41) is 15.9. The molecule has 0 radical (unpaired) electrons. The number of hydrogen-bond acceptors (Lipinski definition) is 6. The monoisotopic (exact) mass is 380 g/mol. The summed E-state index contributed by atoms with van der Waals surface area (Å²) in [5.41, 5.74) is 1.58. The second kappa shape index (κ2) is 7.59. The lowest BCUT2D eigenvalue weighted by Crippen LogP contribution is -2.51. The molecule has 1 amide bonds. The molecule has 1 aromatic heterocycles. The van der Waals surface area contributed by atoms with E-state index in [1.165, 1.54) is 4.68 Å². The number of hydrogen-bond donors (Lipinski definition) is 0. The zero-order valence-corrected chi connectivity index (χ0v) is 15.4. The highest BCUT2D eigenvalue weighted by Crippen LogP contribution is 2.19. The van der Waals surface area contributed by atoms with Gasteiger partial charge in [0.05, 0.1) is 12.4 Å². The number of benzene rings is 2. The number of para-hydroxylation sites is 1. The molecule has 0 unspecified atom stereocenters. The van der Waals surface area contributed by atoms with Gasteiger partial charge < -0.3 is 24.2 Å². The Morgan fingerprint density at radius 2 is 1.75 bits per heavy atom. The lowest BCUT2D eigenvalue weighted by atomic mass is 10.2. The van der Waals surface area contributed by atoms with E-state index in [4.69, 9.17) is 9.26 Å². The van der Waals surface area contributed by atoms with Crippen molar-refractivity contribution in [3.63, 3.8) is 0 Å². The van der Waals surface area contributed by atoms with Gasteiger partial charge in [0.15, 0.2) is 5.95 Å². The number of carbonyl (C=O) groups excluding carboxylic acids is 1. The third-order valence-corrected chi connectivity index (χ3v) is 4.82. The van der Waals surface area contributed by atoms with Crippen LogP contribution in [0.5, 0.6) is 11.7 Å². The molecule has 0 aliphatic carbocycles. The SMILES string of the molecule is COc1ccc(-[n+]2noc([O-])c2C(=O)N2CCN(c3ccccc3)CC2)cc1. The lowest BCUT2D eigenvalue weighted by Gasteiger charge is -2.35. The second-order valence-electron chi connectivity index (χ2n) is 6.43. The van der Waals surface area contributed by atoms with Crippen LogP contribution >= 0.6 is 0 Å². The molecule has 8 heteroatoms. The Balaban J connectivity index is 1.52. The van der Waals surface area contributed by atoms with Crippen molar-refractivity contribution >= 4 is 11.6 Å². The van der Waals surface area contributed by atoms with Crippen LogP contribution in [0.1, 0.15) is 10.5 Å². The van der Waals surface area contributed by atoms with Gasteiger partial charge in [-0.25, -0.2) is 0 Å². The quantitative estimate of drug-likeness (QED) is 0.628. The molecule has 1 saturated heterocycles. The van der Waals surface area contributed by atoms with Gasteiger partial charge >= 0.3 is 11.6 Å². The fourth-order valence-corrected chi connectivity index (χ4v) is 3.28. The van der Waals surface area contributed by atoms with E-state index in [9.17, 15) is 9.90 Å². The van der Waals surface area contributed by atoms with Crippen LogP contribution in [-0.2, 0) is 0 Å². The molecular formula is C20H20N4O4. The zero-order chi connectivity index (χ0) is 19.5. The van der Waals surface area contributed by atoms with Gasteiger partial charge in [0.2, 0.25) is 5.69 Å². The normalized spacial score (nSPS) is 14.2. The largest absolute Gasteiger partial charge is 0.538 e. The number of anilines is 1. The number of aromatic nitrogens is 2. The first-order valence-electron chi connectivity index (χ1n) is 9.00. The van der Waals surface area contributed by atoms with Gasteiger partial charge in [-0.15, -0.1) is 0 Å². The van der Waals surface area contributed by atoms with Crippen molar-refractivity contribution in [3.8, 4) is 17.4 Å². The Bertz CT molecular complexity index is 948. The van der Waals surface area contributed by atoms with Gasteiger partial charge in [-0.2, -0.15) is 0 Å². The van der Waals surface area contributed by atoms with Crippen LogP contribution in [0.4, 0.5) is 5.69 Å². The van der Waals surface area contributed by atoms with Gasteiger partial charge in [0.1, 0.15) is 5.75 Å². The molecule has 3 aromatic rings. The number of amides is 1. The topological polar surface area (TPSA) is 85.8 Å². The van der Waals surface area contributed by atoms with E-state index in [0.29, 0.717) is 37.6 Å². The van der Waals surface area contributed by atoms with Crippen LogP contribution in [0.25, 0.3) is 5.69 Å². The van der Waals surface area contributed by atoms with Crippen LogP contribution in [0.2, 0.25) is 0 Å². The number of methoxy groups -OCH3 is 1. The zero-order valence-electron chi connectivity index (χ0n) is 15.4. The minimum Gasteiger partial charge on any atom is -0.538 e. The predicted octanol–water partition coefficient (Wildman–Crippen LogP) is 0.996. The molecule has 1 aliphatic heterocycles. The van der Waals surface area contributed by atoms with E-state index in [-0.39, 0.29) is 11.6 Å². The summed E-state index contributed by atoms with van der Waals surface area (Å²) in [4.78, 5) is 16.9. The van der Waals surface area contributed by atoms with Crippen LogP contribution < -0.4 is 19.4 Å². The van der Waals surface area contributed by atoms with Crippen molar-refractivity contribution in [2.24, 2.45) is 0 Å². The maximum absolute atomic E-state index is 13.0. The van der Waals surface area contributed by atoms with Crippen molar-refractivity contribution in [1.29, 1.82) is 0 Å². The van der Waals surface area contributed by atoms with E-state index in [0.717, 1.165) is 5.69 Å². The first-order valence-corrected chi connectivity index (χ1v) is 9.00. The molecule has 0 N–H and O–H groups in total. The molecule has 0 bridgehead atoms. The fraction of sp³-hybridized carbons (Fsp3) is 0.250.